The molecule has 2 aliphatic rings. The van der Waals surface area contributed by atoms with E-state index in [1.807, 2.05) is 32.0 Å². The Morgan fingerprint density at radius 1 is 1.04 bits per heavy atom. The molecule has 2 aromatic carbocycles. The number of carbonyl (C=O) groups excluding carboxylic acids is 3. The van der Waals surface area contributed by atoms with E-state index in [0.29, 0.717) is 17.9 Å². The predicted molar refractivity (Wildman–Crippen MR) is 103 cm³/mol. The Balaban J connectivity index is 1.85. The largest absolute Gasteiger partial charge is 0.426 e. The van der Waals surface area contributed by atoms with Crippen LogP contribution in [0.1, 0.15) is 30.4 Å². The average molecular weight is 428 g/mol. The van der Waals surface area contributed by atoms with Gasteiger partial charge in [0, 0.05) is 21.9 Å². The highest BCUT2D eigenvalue weighted by Crippen LogP contribution is 2.48. The van der Waals surface area contributed by atoms with Crippen molar-refractivity contribution in [3.8, 4) is 5.75 Å². The molecular formula is C21H18BrNO4. The molecule has 2 aromatic rings. The fourth-order valence-corrected chi connectivity index (χ4v) is 4.40. The van der Waals surface area contributed by atoms with E-state index in [0.717, 1.165) is 20.5 Å². The minimum absolute atomic E-state index is 0.270. The van der Waals surface area contributed by atoms with E-state index in [4.69, 9.17) is 4.74 Å². The molecule has 1 fully saturated rings. The second kappa shape index (κ2) is 6.60. The molecule has 2 heterocycles. The van der Waals surface area contributed by atoms with Crippen LogP contribution in [0.4, 0.5) is 5.69 Å². The summed E-state index contributed by atoms with van der Waals surface area (Å²) < 4.78 is 6.25. The summed E-state index contributed by atoms with van der Waals surface area (Å²) in [6, 6.07) is 12.5. The van der Waals surface area contributed by atoms with Gasteiger partial charge in [-0.15, -0.1) is 0 Å². The van der Waals surface area contributed by atoms with Gasteiger partial charge in [0.1, 0.15) is 11.7 Å². The number of hydrogen-bond donors (Lipinski definition) is 0. The minimum atomic E-state index is -1.02. The number of halogens is 1. The number of esters is 1. The highest BCUT2D eigenvalue weighted by molar-refractivity contribution is 9.10. The minimum Gasteiger partial charge on any atom is -0.426 e. The molecule has 3 atom stereocenters. The Morgan fingerprint density at radius 2 is 1.74 bits per heavy atom. The Kier molecular flexibility index (Phi) is 4.38. The summed E-state index contributed by atoms with van der Waals surface area (Å²) in [5.41, 5.74) is 2.24. The van der Waals surface area contributed by atoms with Crippen molar-refractivity contribution >= 4 is 39.4 Å². The lowest BCUT2D eigenvalue weighted by atomic mass is 9.70. The smallest absolute Gasteiger partial charge is 0.324 e. The molecule has 0 radical (unpaired) electrons. The van der Waals surface area contributed by atoms with Gasteiger partial charge in [-0.25, -0.2) is 4.90 Å². The molecule has 0 bridgehead atoms. The van der Waals surface area contributed by atoms with Gasteiger partial charge in [0.05, 0.1) is 5.69 Å². The van der Waals surface area contributed by atoms with Gasteiger partial charge in [0.15, 0.2) is 0 Å². The van der Waals surface area contributed by atoms with Gasteiger partial charge in [-0.1, -0.05) is 40.5 Å². The van der Waals surface area contributed by atoms with Crippen LogP contribution in [0.25, 0.3) is 0 Å². The zero-order valence-corrected chi connectivity index (χ0v) is 16.5. The number of carbonyl (C=O) groups is 3. The van der Waals surface area contributed by atoms with Gasteiger partial charge < -0.3 is 4.74 Å². The van der Waals surface area contributed by atoms with E-state index in [-0.39, 0.29) is 5.91 Å². The third kappa shape index (κ3) is 2.79. The van der Waals surface area contributed by atoms with Crippen LogP contribution in [0.15, 0.2) is 46.9 Å². The van der Waals surface area contributed by atoms with Crippen LogP contribution >= 0.6 is 15.9 Å². The van der Waals surface area contributed by atoms with Gasteiger partial charge in [0.2, 0.25) is 11.8 Å². The maximum atomic E-state index is 13.2. The number of ether oxygens (including phenoxy) is 1. The topological polar surface area (TPSA) is 63.7 Å². The summed E-state index contributed by atoms with van der Waals surface area (Å²) in [7, 11) is 0. The Morgan fingerprint density at radius 3 is 2.41 bits per heavy atom. The fraction of sp³-hybridized carbons (Fsp3) is 0.286. The summed E-state index contributed by atoms with van der Waals surface area (Å²) in [5, 5.41) is 0. The SMILES string of the molecule is CC[C@H]1C(=O)N(c2ccc(C)cc2)C(=O)[C@H]2C(=O)Oc3ccc(Br)cc3[C@H]21. The van der Waals surface area contributed by atoms with Crippen molar-refractivity contribution in [2.75, 3.05) is 4.90 Å². The Labute approximate surface area is 165 Å². The van der Waals surface area contributed by atoms with Gasteiger partial charge in [-0.05, 0) is 43.7 Å². The summed E-state index contributed by atoms with van der Waals surface area (Å²) in [6.07, 6.45) is 0.523. The monoisotopic (exact) mass is 427 g/mol. The molecule has 2 amide bonds. The second-order valence-corrected chi connectivity index (χ2v) is 7.88. The quantitative estimate of drug-likeness (QED) is 0.314. The van der Waals surface area contributed by atoms with E-state index in [1.54, 1.807) is 24.3 Å². The molecule has 0 spiro atoms. The van der Waals surface area contributed by atoms with Crippen LogP contribution in [0, 0.1) is 18.8 Å². The van der Waals surface area contributed by atoms with E-state index in [2.05, 4.69) is 15.9 Å². The number of piperidine rings is 1. The Bertz CT molecular complexity index is 953. The molecular weight excluding hydrogens is 410 g/mol. The number of fused-ring (bicyclic) bond motifs is 3. The third-order valence-corrected chi connectivity index (χ3v) is 5.84. The number of rotatable bonds is 2. The molecule has 0 aromatic heterocycles. The number of anilines is 1. The van der Waals surface area contributed by atoms with Crippen molar-refractivity contribution in [2.45, 2.75) is 26.2 Å². The molecule has 4 rings (SSSR count). The first-order chi connectivity index (χ1) is 12.9. The third-order valence-electron chi connectivity index (χ3n) is 5.34. The van der Waals surface area contributed by atoms with E-state index in [1.165, 1.54) is 0 Å². The first-order valence-corrected chi connectivity index (χ1v) is 9.67. The summed E-state index contributed by atoms with van der Waals surface area (Å²) in [5.74, 6) is -2.96. The average Bonchev–Trinajstić information content (AvgIpc) is 2.64. The van der Waals surface area contributed by atoms with Crippen LogP contribution < -0.4 is 9.64 Å². The first-order valence-electron chi connectivity index (χ1n) is 8.88. The zero-order valence-electron chi connectivity index (χ0n) is 14.9. The van der Waals surface area contributed by atoms with Crippen LogP contribution in [-0.4, -0.2) is 17.8 Å². The molecule has 27 heavy (non-hydrogen) atoms. The lowest BCUT2D eigenvalue weighted by Gasteiger charge is -2.43. The highest BCUT2D eigenvalue weighted by Gasteiger charge is 2.55. The van der Waals surface area contributed by atoms with E-state index >= 15 is 0 Å². The first kappa shape index (κ1) is 17.9. The van der Waals surface area contributed by atoms with Gasteiger partial charge >= 0.3 is 5.97 Å². The molecule has 0 aliphatic carbocycles. The highest BCUT2D eigenvalue weighted by atomic mass is 79.9. The standard InChI is InChI=1S/C21H18BrNO4/c1-3-14-17-15-10-12(22)6-9-16(15)27-21(26)18(17)20(25)23(19(14)24)13-7-4-11(2)5-8-13/h4-10,14,17-18H,3H2,1-2H3/t14-,17-,18+/m1/s1. The van der Waals surface area contributed by atoms with Gasteiger partial charge in [0.25, 0.3) is 0 Å². The van der Waals surface area contributed by atoms with Gasteiger partial charge in [-0.2, -0.15) is 0 Å². The van der Waals surface area contributed by atoms with Gasteiger partial charge in [-0.3, -0.25) is 14.4 Å². The zero-order chi connectivity index (χ0) is 19.3. The number of hydrogen-bond acceptors (Lipinski definition) is 4. The maximum absolute atomic E-state index is 13.2. The van der Waals surface area contributed by atoms with Crippen molar-refractivity contribution < 1.29 is 19.1 Å². The van der Waals surface area contributed by atoms with E-state index in [9.17, 15) is 14.4 Å². The summed E-state index contributed by atoms with van der Waals surface area (Å²) in [6.45, 7) is 3.84. The molecule has 1 saturated heterocycles. The fourth-order valence-electron chi connectivity index (χ4n) is 4.02. The predicted octanol–water partition coefficient (Wildman–Crippen LogP) is 3.98. The number of imide groups is 1. The summed E-state index contributed by atoms with van der Waals surface area (Å²) >= 11 is 3.43. The van der Waals surface area contributed by atoms with Crippen molar-refractivity contribution in [3.05, 3.63) is 58.1 Å². The molecule has 0 saturated carbocycles. The van der Waals surface area contributed by atoms with Crippen LogP contribution in [0.2, 0.25) is 0 Å². The molecule has 6 heteroatoms. The lowest BCUT2D eigenvalue weighted by Crippen LogP contribution is -2.57. The van der Waals surface area contributed by atoms with Crippen LogP contribution in [-0.2, 0) is 14.4 Å². The van der Waals surface area contributed by atoms with Crippen molar-refractivity contribution in [1.82, 2.24) is 0 Å². The molecule has 2 aliphatic heterocycles. The second-order valence-electron chi connectivity index (χ2n) is 6.97. The number of nitrogens with zero attached hydrogens (tertiary/aromatic N) is 1. The van der Waals surface area contributed by atoms with E-state index < -0.39 is 29.6 Å². The molecule has 5 nitrogen and oxygen atoms in total. The maximum Gasteiger partial charge on any atom is 0.324 e. The van der Waals surface area contributed by atoms with Crippen molar-refractivity contribution in [3.63, 3.8) is 0 Å². The van der Waals surface area contributed by atoms with Crippen molar-refractivity contribution in [1.29, 1.82) is 0 Å². The van der Waals surface area contributed by atoms with Crippen molar-refractivity contribution in [2.24, 2.45) is 11.8 Å². The lowest BCUT2D eigenvalue weighted by molar-refractivity contribution is -0.151. The number of amides is 2. The molecule has 0 N–H and O–H groups in total. The van der Waals surface area contributed by atoms with Crippen LogP contribution in [0.5, 0.6) is 5.75 Å². The molecule has 138 valence electrons. The normalized spacial score (nSPS) is 24.3. The molecule has 0 unspecified atom stereocenters. The number of benzene rings is 2. The van der Waals surface area contributed by atoms with Crippen LogP contribution in [0.3, 0.4) is 0 Å². The number of aryl methyl sites for hydroxylation is 1. The Hall–Kier alpha value is -2.47. The summed E-state index contributed by atoms with van der Waals surface area (Å²) in [4.78, 5) is 40.3.